The second-order valence-corrected chi connectivity index (χ2v) is 15.9. The van der Waals surface area contributed by atoms with Gasteiger partial charge in [-0.25, -0.2) is 0 Å². The van der Waals surface area contributed by atoms with E-state index in [-0.39, 0.29) is 5.41 Å². The van der Waals surface area contributed by atoms with Crippen molar-refractivity contribution in [2.75, 3.05) is 14.7 Å². The fourth-order valence-electron chi connectivity index (χ4n) is 8.84. The second-order valence-electron chi connectivity index (χ2n) is 15.9. The molecule has 3 heteroatoms. The Kier molecular flexibility index (Phi) is 9.55. The van der Waals surface area contributed by atoms with Gasteiger partial charge in [0.05, 0.1) is 0 Å². The Morgan fingerprint density at radius 3 is 0.933 bits per heavy atom. The SMILES string of the molecule is CC1(C)c2ccccc2-c2ccc(N(c3ccc(-c4ccc(N(c5ccccc5)c5ccccc5)cc4)cc3)c3ccc(N(c4ccccc4)c4ccccc4)cc3)cc21. The van der Waals surface area contributed by atoms with Crippen LogP contribution in [-0.2, 0) is 5.41 Å². The molecule has 0 saturated heterocycles. The fourth-order valence-corrected chi connectivity index (χ4v) is 8.84. The van der Waals surface area contributed by atoms with Crippen molar-refractivity contribution >= 4 is 51.2 Å². The number of fused-ring (bicyclic) bond motifs is 3. The molecule has 0 N–H and O–H groups in total. The normalized spacial score (nSPS) is 12.3. The summed E-state index contributed by atoms with van der Waals surface area (Å²) in [6.45, 7) is 4.70. The molecule has 1 aliphatic carbocycles. The Morgan fingerprint density at radius 1 is 0.250 bits per heavy atom. The highest BCUT2D eigenvalue weighted by Crippen LogP contribution is 2.51. The van der Waals surface area contributed by atoms with Gasteiger partial charge in [-0.2, -0.15) is 0 Å². The molecule has 0 amide bonds. The number of anilines is 9. The molecule has 0 unspecified atom stereocenters. The average Bonchev–Trinajstić information content (AvgIpc) is 3.54. The first-order chi connectivity index (χ1) is 29.5. The lowest BCUT2D eigenvalue weighted by Gasteiger charge is -2.29. The summed E-state index contributed by atoms with van der Waals surface area (Å²) in [5.74, 6) is 0. The van der Waals surface area contributed by atoms with Crippen molar-refractivity contribution in [3.8, 4) is 22.3 Å². The van der Waals surface area contributed by atoms with E-state index >= 15 is 0 Å². The summed E-state index contributed by atoms with van der Waals surface area (Å²) in [5, 5.41) is 0. The van der Waals surface area contributed by atoms with E-state index in [1.807, 2.05) is 0 Å². The van der Waals surface area contributed by atoms with Crippen LogP contribution in [0.3, 0.4) is 0 Å². The summed E-state index contributed by atoms with van der Waals surface area (Å²) in [4.78, 5) is 7.00. The molecule has 0 saturated carbocycles. The molecule has 0 aliphatic heterocycles. The average molecular weight is 772 g/mol. The molecular weight excluding hydrogens is 727 g/mol. The maximum Gasteiger partial charge on any atom is 0.0465 e. The van der Waals surface area contributed by atoms with Gasteiger partial charge >= 0.3 is 0 Å². The summed E-state index contributed by atoms with van der Waals surface area (Å²) in [5.41, 5.74) is 17.6. The van der Waals surface area contributed by atoms with Gasteiger partial charge < -0.3 is 14.7 Å². The largest absolute Gasteiger partial charge is 0.311 e. The molecule has 0 radical (unpaired) electrons. The van der Waals surface area contributed by atoms with Gasteiger partial charge in [-0.15, -0.1) is 0 Å². The number of hydrogen-bond acceptors (Lipinski definition) is 3. The van der Waals surface area contributed by atoms with Crippen molar-refractivity contribution in [3.05, 3.63) is 248 Å². The molecule has 0 bridgehead atoms. The van der Waals surface area contributed by atoms with Crippen molar-refractivity contribution < 1.29 is 0 Å². The lowest BCUT2D eigenvalue weighted by molar-refractivity contribution is 0.660. The molecule has 10 rings (SSSR count). The van der Waals surface area contributed by atoms with E-state index in [9.17, 15) is 0 Å². The van der Waals surface area contributed by atoms with E-state index in [2.05, 4.69) is 265 Å². The molecule has 0 fully saturated rings. The molecule has 60 heavy (non-hydrogen) atoms. The van der Waals surface area contributed by atoms with Crippen LogP contribution in [-0.4, -0.2) is 0 Å². The third-order valence-corrected chi connectivity index (χ3v) is 11.8. The number of hydrogen-bond donors (Lipinski definition) is 0. The molecule has 0 heterocycles. The Morgan fingerprint density at radius 2 is 0.533 bits per heavy atom. The van der Waals surface area contributed by atoms with E-state index in [0.717, 1.165) is 51.2 Å². The summed E-state index contributed by atoms with van der Waals surface area (Å²) >= 11 is 0. The predicted molar refractivity (Wildman–Crippen MR) is 253 cm³/mol. The zero-order valence-electron chi connectivity index (χ0n) is 33.9. The van der Waals surface area contributed by atoms with Crippen LogP contribution in [0.25, 0.3) is 22.3 Å². The highest BCUT2D eigenvalue weighted by molar-refractivity contribution is 5.87. The Hall–Kier alpha value is -7.62. The minimum atomic E-state index is -0.115. The predicted octanol–water partition coefficient (Wildman–Crippen LogP) is 16.1. The third-order valence-electron chi connectivity index (χ3n) is 11.8. The topological polar surface area (TPSA) is 9.72 Å². The molecular formula is C57H45N3. The highest BCUT2D eigenvalue weighted by Gasteiger charge is 2.35. The molecule has 288 valence electrons. The van der Waals surface area contributed by atoms with Crippen LogP contribution in [0, 0.1) is 0 Å². The molecule has 0 atom stereocenters. The van der Waals surface area contributed by atoms with Crippen LogP contribution >= 0.6 is 0 Å². The first-order valence-corrected chi connectivity index (χ1v) is 20.7. The fraction of sp³-hybridized carbons (Fsp3) is 0.0526. The van der Waals surface area contributed by atoms with E-state index in [1.54, 1.807) is 0 Å². The van der Waals surface area contributed by atoms with Gasteiger partial charge in [-0.05, 0) is 143 Å². The quantitative estimate of drug-likeness (QED) is 0.137. The molecule has 9 aromatic rings. The van der Waals surface area contributed by atoms with E-state index < -0.39 is 0 Å². The zero-order chi connectivity index (χ0) is 40.5. The maximum atomic E-state index is 2.40. The summed E-state index contributed by atoms with van der Waals surface area (Å²) in [7, 11) is 0. The minimum absolute atomic E-state index is 0.115. The van der Waals surface area contributed by atoms with Crippen LogP contribution in [0.4, 0.5) is 51.2 Å². The van der Waals surface area contributed by atoms with Gasteiger partial charge in [0.15, 0.2) is 0 Å². The first kappa shape index (κ1) is 36.7. The summed E-state index contributed by atoms with van der Waals surface area (Å²) in [6, 6.07) is 85.0. The number of nitrogens with zero attached hydrogens (tertiary/aromatic N) is 3. The lowest BCUT2D eigenvalue weighted by Crippen LogP contribution is -2.16. The van der Waals surface area contributed by atoms with Crippen LogP contribution in [0.5, 0.6) is 0 Å². The Balaban J connectivity index is 1.02. The summed E-state index contributed by atoms with van der Waals surface area (Å²) < 4.78 is 0. The van der Waals surface area contributed by atoms with Gasteiger partial charge in [-0.3, -0.25) is 0 Å². The molecule has 3 nitrogen and oxygen atoms in total. The standard InChI is InChI=1S/C57H45N3/c1-57(2)55-26-16-15-25-53(55)54-40-39-52(41-56(54)57)60(51-37-35-50(36-38-51)59(46-21-11-5-12-22-46)47-23-13-6-14-24-47)49-33-29-43(30-34-49)42-27-31-48(32-28-42)58(44-17-7-3-8-18-44)45-19-9-4-10-20-45/h3-41H,1-2H3. The Labute approximate surface area is 353 Å². The number of para-hydroxylation sites is 4. The molecule has 0 aromatic heterocycles. The molecule has 1 aliphatic rings. The van der Waals surface area contributed by atoms with E-state index in [0.29, 0.717) is 0 Å². The van der Waals surface area contributed by atoms with Crippen molar-refractivity contribution in [1.82, 2.24) is 0 Å². The Bertz CT molecular complexity index is 2770. The van der Waals surface area contributed by atoms with Gasteiger partial charge in [0.1, 0.15) is 0 Å². The van der Waals surface area contributed by atoms with Gasteiger partial charge in [-0.1, -0.05) is 141 Å². The van der Waals surface area contributed by atoms with E-state index in [1.165, 1.54) is 33.4 Å². The van der Waals surface area contributed by atoms with Crippen molar-refractivity contribution in [2.45, 2.75) is 19.3 Å². The van der Waals surface area contributed by atoms with Crippen LogP contribution in [0.2, 0.25) is 0 Å². The summed E-state index contributed by atoms with van der Waals surface area (Å²) in [6.07, 6.45) is 0. The van der Waals surface area contributed by atoms with Crippen molar-refractivity contribution in [1.29, 1.82) is 0 Å². The monoisotopic (exact) mass is 771 g/mol. The first-order valence-electron chi connectivity index (χ1n) is 20.7. The molecule has 0 spiro atoms. The maximum absolute atomic E-state index is 2.40. The minimum Gasteiger partial charge on any atom is -0.311 e. The van der Waals surface area contributed by atoms with Crippen molar-refractivity contribution in [2.24, 2.45) is 0 Å². The second kappa shape index (κ2) is 15.6. The van der Waals surface area contributed by atoms with Gasteiger partial charge in [0.2, 0.25) is 0 Å². The number of rotatable bonds is 10. The lowest BCUT2D eigenvalue weighted by atomic mass is 9.82. The number of benzene rings is 9. The van der Waals surface area contributed by atoms with Crippen LogP contribution < -0.4 is 14.7 Å². The zero-order valence-corrected chi connectivity index (χ0v) is 33.9. The van der Waals surface area contributed by atoms with Crippen LogP contribution in [0.1, 0.15) is 25.0 Å². The van der Waals surface area contributed by atoms with Gasteiger partial charge in [0.25, 0.3) is 0 Å². The molecule has 9 aromatic carbocycles. The van der Waals surface area contributed by atoms with E-state index in [4.69, 9.17) is 0 Å². The third kappa shape index (κ3) is 6.80. The highest BCUT2D eigenvalue weighted by atomic mass is 15.2. The smallest absolute Gasteiger partial charge is 0.0465 e. The van der Waals surface area contributed by atoms with Gasteiger partial charge in [0, 0.05) is 56.6 Å². The van der Waals surface area contributed by atoms with Crippen LogP contribution in [0.15, 0.2) is 237 Å². The van der Waals surface area contributed by atoms with Crippen molar-refractivity contribution in [3.63, 3.8) is 0 Å².